The van der Waals surface area contributed by atoms with Crippen LogP contribution in [0.3, 0.4) is 0 Å². The van der Waals surface area contributed by atoms with E-state index < -0.39 is 0 Å². The Morgan fingerprint density at radius 2 is 1.21 bits per heavy atom. The van der Waals surface area contributed by atoms with Crippen LogP contribution in [0.25, 0.3) is 0 Å². The maximum atomic E-state index is 11.9. The fourth-order valence-corrected chi connectivity index (χ4v) is 3.09. The Morgan fingerprint density at radius 1 is 0.758 bits per heavy atom. The third-order valence-corrected chi connectivity index (χ3v) is 5.25. The zero-order valence-electron chi connectivity index (χ0n) is 22.4. The number of carbonyl (C=O) groups excluding carboxylic acids is 2. The smallest absolute Gasteiger partial charge is 0.458 e. The van der Waals surface area contributed by atoms with Crippen molar-refractivity contribution in [3.8, 4) is 0 Å². The van der Waals surface area contributed by atoms with Gasteiger partial charge in [-0.1, -0.05) is 78.6 Å². The van der Waals surface area contributed by atoms with Crippen molar-refractivity contribution in [1.82, 2.24) is 0 Å². The first-order valence-corrected chi connectivity index (χ1v) is 12.4. The summed E-state index contributed by atoms with van der Waals surface area (Å²) in [5.74, 6) is 2.78. The SMILES string of the molecule is CCC.CCCCCCCCCCCC(=O)c1cc(C)c(C)o1.Cc1cc(C=O)oc1C.[Ca+2]. The van der Waals surface area contributed by atoms with E-state index in [0.29, 0.717) is 24.2 Å². The van der Waals surface area contributed by atoms with Crippen molar-refractivity contribution < 1.29 is 18.4 Å². The summed E-state index contributed by atoms with van der Waals surface area (Å²) < 4.78 is 10.5. The summed E-state index contributed by atoms with van der Waals surface area (Å²) in [5.41, 5.74) is 2.09. The van der Waals surface area contributed by atoms with Crippen LogP contribution in [0.1, 0.15) is 135 Å². The molecule has 5 heteroatoms. The Hall–Kier alpha value is -0.840. The molecular weight excluding hydrogens is 440 g/mol. The number of hydrogen-bond acceptors (Lipinski definition) is 4. The summed E-state index contributed by atoms with van der Waals surface area (Å²) in [7, 11) is 0. The van der Waals surface area contributed by atoms with E-state index >= 15 is 0 Å². The van der Waals surface area contributed by atoms with Crippen LogP contribution >= 0.6 is 0 Å². The number of rotatable bonds is 12. The van der Waals surface area contributed by atoms with Crippen molar-refractivity contribution in [3.63, 3.8) is 0 Å². The second-order valence-electron chi connectivity index (χ2n) is 8.56. The molecule has 0 unspecified atom stereocenters. The fraction of sp³-hybridized carbons (Fsp3) is 0.643. The van der Waals surface area contributed by atoms with Crippen LogP contribution in [0.15, 0.2) is 21.0 Å². The summed E-state index contributed by atoms with van der Waals surface area (Å²) >= 11 is 0. The quantitative estimate of drug-likeness (QED) is 0.130. The number of Topliss-reactive ketones (excluding diaryl/α,β-unsaturated/α-hetero) is 1. The first-order valence-electron chi connectivity index (χ1n) is 12.4. The van der Waals surface area contributed by atoms with Gasteiger partial charge in [-0.2, -0.15) is 0 Å². The molecule has 0 N–H and O–H groups in total. The van der Waals surface area contributed by atoms with Crippen LogP contribution in [-0.2, 0) is 0 Å². The summed E-state index contributed by atoms with van der Waals surface area (Å²) in [4.78, 5) is 22.0. The predicted octanol–water partition coefficient (Wildman–Crippen LogP) is 8.74. The zero-order chi connectivity index (χ0) is 24.4. The first kappa shape index (κ1) is 34.3. The Balaban J connectivity index is 0. The molecule has 0 atom stereocenters. The molecule has 2 rings (SSSR count). The predicted molar refractivity (Wildman–Crippen MR) is 140 cm³/mol. The van der Waals surface area contributed by atoms with Crippen molar-refractivity contribution in [2.75, 3.05) is 0 Å². The van der Waals surface area contributed by atoms with Crippen molar-refractivity contribution in [2.24, 2.45) is 0 Å². The topological polar surface area (TPSA) is 60.4 Å². The van der Waals surface area contributed by atoms with Crippen molar-refractivity contribution in [2.45, 2.75) is 119 Å². The van der Waals surface area contributed by atoms with Crippen LogP contribution in [0.5, 0.6) is 0 Å². The molecule has 0 aromatic carbocycles. The molecule has 182 valence electrons. The van der Waals surface area contributed by atoms with Crippen LogP contribution in [0.4, 0.5) is 0 Å². The molecule has 0 saturated heterocycles. The standard InChI is InChI=1S/C18H30O2.C7H8O2.C3H8.Ca/c1-4-5-6-7-8-9-10-11-12-13-17(19)18-14-15(2)16(3)20-18;1-5-3-7(4-8)9-6(5)2;1-3-2;/h14H,4-13H2,1-3H3;3-4H,1-2H3;3H2,1-2H3;/q;;;+2. The minimum absolute atomic E-state index is 0. The molecule has 4 nitrogen and oxygen atoms in total. The van der Waals surface area contributed by atoms with Gasteiger partial charge in [0.2, 0.25) is 0 Å². The van der Waals surface area contributed by atoms with E-state index in [9.17, 15) is 9.59 Å². The van der Waals surface area contributed by atoms with Crippen LogP contribution in [0, 0.1) is 27.7 Å². The molecule has 0 spiro atoms. The molecule has 0 radical (unpaired) electrons. The van der Waals surface area contributed by atoms with Gasteiger partial charge in [0.1, 0.15) is 11.5 Å². The van der Waals surface area contributed by atoms with E-state index in [0.717, 1.165) is 35.5 Å². The van der Waals surface area contributed by atoms with E-state index in [1.54, 1.807) is 6.07 Å². The molecule has 33 heavy (non-hydrogen) atoms. The Bertz CT molecular complexity index is 719. The maximum absolute atomic E-state index is 11.9. The van der Waals surface area contributed by atoms with E-state index in [4.69, 9.17) is 8.83 Å². The molecule has 0 aliphatic carbocycles. The van der Waals surface area contributed by atoms with Gasteiger partial charge in [0.25, 0.3) is 0 Å². The van der Waals surface area contributed by atoms with Gasteiger partial charge in [0, 0.05) is 6.42 Å². The largest absolute Gasteiger partial charge is 2.00 e. The first-order chi connectivity index (χ1) is 15.3. The van der Waals surface area contributed by atoms with E-state index in [1.165, 1.54) is 51.4 Å². The van der Waals surface area contributed by atoms with Crippen molar-refractivity contribution in [1.29, 1.82) is 0 Å². The van der Waals surface area contributed by atoms with Gasteiger partial charge in [-0.05, 0) is 57.4 Å². The maximum Gasteiger partial charge on any atom is 2.00 e. The number of aryl methyl sites for hydroxylation is 4. The minimum atomic E-state index is 0. The van der Waals surface area contributed by atoms with Gasteiger partial charge in [0.15, 0.2) is 23.6 Å². The zero-order valence-corrected chi connectivity index (χ0v) is 24.6. The van der Waals surface area contributed by atoms with Gasteiger partial charge in [-0.3, -0.25) is 9.59 Å². The summed E-state index contributed by atoms with van der Waals surface area (Å²) in [6.07, 6.45) is 14.1. The molecule has 0 bridgehead atoms. The van der Waals surface area contributed by atoms with Crippen LogP contribution in [-0.4, -0.2) is 49.8 Å². The number of carbonyl (C=O) groups is 2. The molecule has 0 amide bonds. The minimum Gasteiger partial charge on any atom is -0.458 e. The number of ketones is 1. The van der Waals surface area contributed by atoms with E-state index in [-0.39, 0.29) is 43.5 Å². The molecule has 2 aromatic rings. The molecule has 0 saturated carbocycles. The Labute approximate surface area is 232 Å². The molecule has 0 fully saturated rings. The molecule has 2 aromatic heterocycles. The van der Waals surface area contributed by atoms with E-state index in [1.807, 2.05) is 33.8 Å². The van der Waals surface area contributed by atoms with Crippen LogP contribution in [0.2, 0.25) is 0 Å². The monoisotopic (exact) mass is 486 g/mol. The third kappa shape index (κ3) is 16.4. The van der Waals surface area contributed by atoms with E-state index in [2.05, 4.69) is 20.8 Å². The normalized spacial score (nSPS) is 9.79. The van der Waals surface area contributed by atoms with Gasteiger partial charge >= 0.3 is 37.7 Å². The second-order valence-corrected chi connectivity index (χ2v) is 8.56. The summed E-state index contributed by atoms with van der Waals surface area (Å²) in [5, 5.41) is 0. The molecule has 0 aliphatic rings. The number of unbranched alkanes of at least 4 members (excludes halogenated alkanes) is 8. The Kier molecular flexibility index (Phi) is 22.5. The van der Waals surface area contributed by atoms with Crippen molar-refractivity contribution in [3.05, 3.63) is 46.3 Å². The average molecular weight is 487 g/mol. The van der Waals surface area contributed by atoms with Gasteiger partial charge in [-0.25, -0.2) is 0 Å². The van der Waals surface area contributed by atoms with Gasteiger partial charge < -0.3 is 8.83 Å². The number of aldehydes is 1. The fourth-order valence-electron chi connectivity index (χ4n) is 3.09. The molecular formula is C28H46CaO4+2. The molecule has 2 heterocycles. The molecule has 0 aliphatic heterocycles. The number of hydrogen-bond donors (Lipinski definition) is 0. The van der Waals surface area contributed by atoms with Crippen molar-refractivity contribution >= 4 is 49.8 Å². The third-order valence-electron chi connectivity index (χ3n) is 5.25. The summed E-state index contributed by atoms with van der Waals surface area (Å²) in [6, 6.07) is 3.59. The second kappa shape index (κ2) is 21.7. The Morgan fingerprint density at radius 3 is 1.58 bits per heavy atom. The number of furan rings is 2. The van der Waals surface area contributed by atoms with Crippen LogP contribution < -0.4 is 0 Å². The summed E-state index contributed by atoms with van der Waals surface area (Å²) in [6.45, 7) is 14.1. The van der Waals surface area contributed by atoms with Gasteiger partial charge in [-0.15, -0.1) is 0 Å². The average Bonchev–Trinajstić information content (AvgIpc) is 3.28. The van der Waals surface area contributed by atoms with Gasteiger partial charge in [0.05, 0.1) is 0 Å².